The zero-order chi connectivity index (χ0) is 29.9. The number of fused-ring (bicyclic) bond motifs is 3. The molecule has 42 heavy (non-hydrogen) atoms. The number of amides is 1. The summed E-state index contributed by atoms with van der Waals surface area (Å²) < 4.78 is 19.9. The van der Waals surface area contributed by atoms with Gasteiger partial charge in [0.25, 0.3) is 0 Å². The molecule has 4 aromatic rings. The highest BCUT2D eigenvalue weighted by molar-refractivity contribution is 14.1. The molecule has 3 aromatic carbocycles. The quantitative estimate of drug-likeness (QED) is 0.0979. The van der Waals surface area contributed by atoms with Crippen LogP contribution in [-0.4, -0.2) is 34.3 Å². The lowest BCUT2D eigenvalue weighted by molar-refractivity contribution is -0.632. The first kappa shape index (κ1) is 33.8. The van der Waals surface area contributed by atoms with E-state index in [0.717, 1.165) is 48.7 Å². The van der Waals surface area contributed by atoms with Crippen LogP contribution in [0.3, 0.4) is 0 Å². The molecular weight excluding hydrogens is 758 g/mol. The first-order chi connectivity index (χ1) is 19.2. The molecule has 1 N–H and O–H groups in total. The largest absolute Gasteiger partial charge is 1.00 e. The summed E-state index contributed by atoms with van der Waals surface area (Å²) in [6.07, 6.45) is -0.328. The number of nitrogens with one attached hydrogen (secondary N) is 1. The summed E-state index contributed by atoms with van der Waals surface area (Å²) in [5, 5.41) is 5.92. The van der Waals surface area contributed by atoms with Crippen molar-refractivity contribution in [3.63, 3.8) is 0 Å². The van der Waals surface area contributed by atoms with Crippen LogP contribution in [0, 0.1) is 0 Å². The van der Waals surface area contributed by atoms with E-state index in [4.69, 9.17) is 14.2 Å². The van der Waals surface area contributed by atoms with Gasteiger partial charge in [0.05, 0.1) is 29.5 Å². The molecule has 0 spiro atoms. The van der Waals surface area contributed by atoms with E-state index in [-0.39, 0.29) is 36.4 Å². The summed E-state index contributed by atoms with van der Waals surface area (Å²) in [7, 11) is 2.01. The molecule has 1 amide bonds. The number of carbonyl (C=O) groups is 2. The molecular formula is C33H38I2N2O5. The Hall–Kier alpha value is -2.67. The number of hydrogen-bond donors (Lipinski definition) is 1. The van der Waals surface area contributed by atoms with E-state index in [2.05, 4.69) is 44.6 Å². The fourth-order valence-electron chi connectivity index (χ4n) is 4.73. The highest BCUT2D eigenvalue weighted by atomic mass is 127. The SMILES string of the molecule is C[n+]1c(-c2ccc(OCCI)cc2)c2cc(CC(=O)OC(C)(C)C)ccc2c2ccc(NC(=O)OC(C)(C)C)cc21.[I-]. The third kappa shape index (κ3) is 8.68. The molecule has 1 aromatic heterocycles. The number of aryl methyl sites for hydroxylation is 1. The number of carbonyl (C=O) groups excluding carboxylic acids is 2. The monoisotopic (exact) mass is 796 g/mol. The zero-order valence-electron chi connectivity index (χ0n) is 25.1. The van der Waals surface area contributed by atoms with Crippen molar-refractivity contribution in [1.82, 2.24) is 0 Å². The second-order valence-corrected chi connectivity index (χ2v) is 13.1. The number of rotatable bonds is 7. The third-order valence-electron chi connectivity index (χ3n) is 6.21. The minimum atomic E-state index is -0.599. The zero-order valence-corrected chi connectivity index (χ0v) is 29.5. The molecule has 0 atom stereocenters. The van der Waals surface area contributed by atoms with E-state index in [1.165, 1.54) is 0 Å². The maximum absolute atomic E-state index is 12.6. The Kier molecular flexibility index (Phi) is 11.1. The number of esters is 1. The number of benzene rings is 3. The van der Waals surface area contributed by atoms with Crippen molar-refractivity contribution in [2.75, 3.05) is 16.4 Å². The van der Waals surface area contributed by atoms with Gasteiger partial charge in [-0.1, -0.05) is 34.7 Å². The highest BCUT2D eigenvalue weighted by Gasteiger charge is 2.24. The lowest BCUT2D eigenvalue weighted by atomic mass is 9.96. The number of hydrogen-bond acceptors (Lipinski definition) is 5. The lowest BCUT2D eigenvalue weighted by Gasteiger charge is -2.20. The van der Waals surface area contributed by atoms with Gasteiger partial charge in [-0.3, -0.25) is 10.1 Å². The predicted octanol–water partition coefficient (Wildman–Crippen LogP) is 4.53. The Balaban J connectivity index is 0.00000484. The molecule has 0 saturated carbocycles. The Labute approximate surface area is 278 Å². The van der Waals surface area contributed by atoms with Gasteiger partial charge in [0.1, 0.15) is 24.0 Å². The van der Waals surface area contributed by atoms with E-state index in [1.54, 1.807) is 0 Å². The lowest BCUT2D eigenvalue weighted by Crippen LogP contribution is -3.00. The van der Waals surface area contributed by atoms with E-state index in [0.29, 0.717) is 12.3 Å². The molecule has 7 nitrogen and oxygen atoms in total. The van der Waals surface area contributed by atoms with Gasteiger partial charge < -0.3 is 38.2 Å². The molecule has 0 bridgehead atoms. The average Bonchev–Trinajstić information content (AvgIpc) is 2.86. The van der Waals surface area contributed by atoms with Crippen LogP contribution in [0.15, 0.2) is 60.7 Å². The van der Waals surface area contributed by atoms with Crippen LogP contribution in [-0.2, 0) is 27.7 Å². The van der Waals surface area contributed by atoms with Crippen LogP contribution < -0.4 is 38.6 Å². The van der Waals surface area contributed by atoms with Crippen LogP contribution in [0.25, 0.3) is 32.9 Å². The highest BCUT2D eigenvalue weighted by Crippen LogP contribution is 2.34. The molecule has 0 saturated heterocycles. The molecule has 1 heterocycles. The van der Waals surface area contributed by atoms with Crippen molar-refractivity contribution in [2.45, 2.75) is 59.2 Å². The number of ether oxygens (including phenoxy) is 3. The van der Waals surface area contributed by atoms with Crippen molar-refractivity contribution in [3.8, 4) is 17.0 Å². The van der Waals surface area contributed by atoms with Crippen LogP contribution in [0.2, 0.25) is 0 Å². The molecule has 224 valence electrons. The standard InChI is InChI=1S/C33H37IN2O5.HI/c1-32(2,3)40-29(37)19-21-8-14-25-26-15-11-23(35-31(38)41-33(4,5)6)20-28(26)36(7)30(27(25)18-21)22-9-12-24(13-10-22)39-17-16-34;/h8-15,18,20H,16-17,19H2,1-7H3;1H. The van der Waals surface area contributed by atoms with Gasteiger partial charge in [-0.2, -0.15) is 4.57 Å². The Morgan fingerprint density at radius 2 is 1.48 bits per heavy atom. The minimum absolute atomic E-state index is 0. The second kappa shape index (κ2) is 13.7. The summed E-state index contributed by atoms with van der Waals surface area (Å²) in [5.41, 5.74) is 3.28. The number of pyridine rings is 1. The Morgan fingerprint density at radius 1 is 0.833 bits per heavy atom. The normalized spacial score (nSPS) is 11.6. The number of nitrogens with zero attached hydrogens (tertiary/aromatic N) is 1. The Morgan fingerprint density at radius 3 is 2.10 bits per heavy atom. The molecule has 0 aliphatic rings. The van der Waals surface area contributed by atoms with Crippen molar-refractivity contribution < 1.29 is 52.3 Å². The maximum atomic E-state index is 12.6. The van der Waals surface area contributed by atoms with Gasteiger partial charge in [-0.05, 0) is 89.6 Å². The van der Waals surface area contributed by atoms with E-state index in [1.807, 2.05) is 97.1 Å². The third-order valence-corrected chi connectivity index (χ3v) is 6.65. The predicted molar refractivity (Wildman–Crippen MR) is 172 cm³/mol. The number of anilines is 1. The van der Waals surface area contributed by atoms with Crippen molar-refractivity contribution in [1.29, 1.82) is 0 Å². The van der Waals surface area contributed by atoms with Gasteiger partial charge in [-0.25, -0.2) is 4.79 Å². The average molecular weight is 796 g/mol. The fraction of sp³-hybridized carbons (Fsp3) is 0.364. The van der Waals surface area contributed by atoms with Crippen molar-refractivity contribution in [2.24, 2.45) is 7.05 Å². The molecule has 0 aliphatic heterocycles. The first-order valence-corrected chi connectivity index (χ1v) is 15.2. The molecule has 0 fully saturated rings. The van der Waals surface area contributed by atoms with Crippen LogP contribution in [0.5, 0.6) is 5.75 Å². The van der Waals surface area contributed by atoms with Gasteiger partial charge >= 0.3 is 12.1 Å². The van der Waals surface area contributed by atoms with Crippen molar-refractivity contribution in [3.05, 3.63) is 66.2 Å². The van der Waals surface area contributed by atoms with Crippen LogP contribution in [0.4, 0.5) is 10.5 Å². The van der Waals surface area contributed by atoms with Gasteiger partial charge in [0.2, 0.25) is 11.2 Å². The minimum Gasteiger partial charge on any atom is -1.00 e. The molecule has 9 heteroatoms. The number of alkyl halides is 1. The summed E-state index contributed by atoms with van der Waals surface area (Å²) in [6.45, 7) is 11.8. The maximum Gasteiger partial charge on any atom is 0.412 e. The van der Waals surface area contributed by atoms with Crippen LogP contribution in [0.1, 0.15) is 47.1 Å². The molecule has 0 aliphatic carbocycles. The fourth-order valence-corrected chi connectivity index (χ4v) is 4.95. The summed E-state index contributed by atoms with van der Waals surface area (Å²) in [5.74, 6) is 0.547. The summed E-state index contributed by atoms with van der Waals surface area (Å²) in [6, 6.07) is 20.0. The van der Waals surface area contributed by atoms with Gasteiger partial charge in [0, 0.05) is 21.4 Å². The number of halogens is 2. The second-order valence-electron chi connectivity index (χ2n) is 12.0. The van der Waals surface area contributed by atoms with Gasteiger partial charge in [-0.15, -0.1) is 0 Å². The van der Waals surface area contributed by atoms with Crippen LogP contribution >= 0.6 is 22.6 Å². The molecule has 0 unspecified atom stereocenters. The van der Waals surface area contributed by atoms with Gasteiger partial charge in [0.15, 0.2) is 0 Å². The first-order valence-electron chi connectivity index (χ1n) is 13.6. The molecule has 0 radical (unpaired) electrons. The number of aromatic nitrogens is 1. The topological polar surface area (TPSA) is 77.7 Å². The van der Waals surface area contributed by atoms with E-state index < -0.39 is 17.3 Å². The van der Waals surface area contributed by atoms with E-state index >= 15 is 0 Å². The smallest absolute Gasteiger partial charge is 0.412 e. The van der Waals surface area contributed by atoms with Crippen molar-refractivity contribution >= 4 is 62.0 Å². The van der Waals surface area contributed by atoms with E-state index in [9.17, 15) is 9.59 Å². The molecule has 4 rings (SSSR count). The summed E-state index contributed by atoms with van der Waals surface area (Å²) >= 11 is 2.29. The Bertz CT molecular complexity index is 1590. The summed E-state index contributed by atoms with van der Waals surface area (Å²) in [4.78, 5) is 25.1.